The predicted octanol–water partition coefficient (Wildman–Crippen LogP) is -0.130. The highest BCUT2D eigenvalue weighted by molar-refractivity contribution is 7.80. The summed E-state index contributed by atoms with van der Waals surface area (Å²) >= 11 is 11.3. The Hall–Kier alpha value is 0.680. The van der Waals surface area contributed by atoms with E-state index < -0.39 is 30.5 Å². The van der Waals surface area contributed by atoms with Gasteiger partial charge in [-0.2, -0.15) is 37.9 Å². The summed E-state index contributed by atoms with van der Waals surface area (Å²) in [7, 11) is 0. The Bertz CT molecular complexity index is 269. The average molecular weight is 338 g/mol. The average Bonchev–Trinajstić information content (AvgIpc) is 2.42. The first-order chi connectivity index (χ1) is 8.66. The number of halogens is 3. The SMILES string of the molecule is NC[C@@](F)(CS)NCC(F)(CS)NC[C@@](N)(F)CS. The molecular formula is C9H21F3N4S3. The molecule has 0 rings (SSSR count). The normalized spacial score (nSPS) is 21.5. The first-order valence-corrected chi connectivity index (χ1v) is 7.44. The summed E-state index contributed by atoms with van der Waals surface area (Å²) in [5.41, 5.74) is 10.4. The van der Waals surface area contributed by atoms with Crippen LogP contribution >= 0.6 is 37.9 Å². The fourth-order valence-corrected chi connectivity index (χ4v) is 1.60. The van der Waals surface area contributed by atoms with Crippen molar-refractivity contribution in [2.24, 2.45) is 11.5 Å². The molecule has 0 bridgehead atoms. The third kappa shape index (κ3) is 7.30. The molecule has 0 amide bonds. The zero-order valence-electron chi connectivity index (χ0n) is 10.4. The molecule has 0 saturated heterocycles. The Morgan fingerprint density at radius 1 is 0.842 bits per heavy atom. The van der Waals surface area contributed by atoms with Crippen LogP contribution in [-0.4, -0.2) is 54.3 Å². The molecule has 10 heteroatoms. The second-order valence-corrected chi connectivity index (χ2v) is 5.30. The van der Waals surface area contributed by atoms with Crippen LogP contribution < -0.4 is 22.1 Å². The Labute approximate surface area is 127 Å². The van der Waals surface area contributed by atoms with Crippen LogP contribution in [0.2, 0.25) is 0 Å². The lowest BCUT2D eigenvalue weighted by molar-refractivity contribution is 0.0694. The van der Waals surface area contributed by atoms with E-state index in [9.17, 15) is 13.2 Å². The van der Waals surface area contributed by atoms with Gasteiger partial charge < -0.3 is 5.73 Å². The van der Waals surface area contributed by atoms with Gasteiger partial charge in [-0.15, -0.1) is 0 Å². The van der Waals surface area contributed by atoms with Crippen LogP contribution in [0.4, 0.5) is 13.2 Å². The van der Waals surface area contributed by atoms with Crippen molar-refractivity contribution in [2.75, 3.05) is 36.9 Å². The first kappa shape index (κ1) is 19.7. The minimum absolute atomic E-state index is 0.216. The first-order valence-electron chi connectivity index (χ1n) is 5.54. The van der Waals surface area contributed by atoms with Gasteiger partial charge in [-0.3, -0.25) is 16.4 Å². The van der Waals surface area contributed by atoms with E-state index >= 15 is 0 Å². The molecule has 1 unspecified atom stereocenters. The highest BCUT2D eigenvalue weighted by Gasteiger charge is 2.35. The standard InChI is InChI=1S/C9H21F3N4S3/c10-7(14,4-17)2-15-9(12,6-19)3-16-8(11,1-13)5-18/h15-19H,1-6,13-14H2/t7-,8-,9?/m0/s1. The van der Waals surface area contributed by atoms with Crippen molar-refractivity contribution in [3.63, 3.8) is 0 Å². The third-order valence-corrected chi connectivity index (χ3v) is 4.00. The molecule has 6 N–H and O–H groups in total. The maximum atomic E-state index is 14.3. The van der Waals surface area contributed by atoms with Gasteiger partial charge in [-0.05, 0) is 0 Å². The summed E-state index contributed by atoms with van der Waals surface area (Å²) < 4.78 is 41.5. The summed E-state index contributed by atoms with van der Waals surface area (Å²) in [4.78, 5) is 0. The number of nitrogens with one attached hydrogen (secondary N) is 2. The van der Waals surface area contributed by atoms with Gasteiger partial charge in [-0.25, -0.2) is 13.2 Å². The van der Waals surface area contributed by atoms with Crippen LogP contribution in [0.25, 0.3) is 0 Å². The molecule has 0 saturated carbocycles. The number of thiol groups is 3. The van der Waals surface area contributed by atoms with Gasteiger partial charge in [0.2, 0.25) is 0 Å². The number of alkyl halides is 3. The number of hydrogen-bond donors (Lipinski definition) is 7. The molecule has 3 atom stereocenters. The predicted molar refractivity (Wildman–Crippen MR) is 82.3 cm³/mol. The van der Waals surface area contributed by atoms with Crippen molar-refractivity contribution in [3.05, 3.63) is 0 Å². The number of nitrogens with two attached hydrogens (primary N) is 2. The summed E-state index contributed by atoms with van der Waals surface area (Å²) in [6.07, 6.45) is 0. The van der Waals surface area contributed by atoms with Crippen molar-refractivity contribution >= 4 is 37.9 Å². The van der Waals surface area contributed by atoms with Crippen molar-refractivity contribution in [1.82, 2.24) is 10.6 Å². The van der Waals surface area contributed by atoms with Crippen molar-refractivity contribution in [3.8, 4) is 0 Å². The maximum absolute atomic E-state index is 14.3. The molecule has 0 radical (unpaired) electrons. The zero-order chi connectivity index (χ0) is 15.2. The summed E-state index contributed by atoms with van der Waals surface area (Å²) in [5, 5.41) is 4.58. The molecule has 0 heterocycles. The minimum atomic E-state index is -2.16. The maximum Gasteiger partial charge on any atom is 0.183 e. The van der Waals surface area contributed by atoms with Gasteiger partial charge in [0.05, 0.1) is 0 Å². The Kier molecular flexibility index (Phi) is 8.50. The summed E-state index contributed by atoms with van der Waals surface area (Å²) in [6.45, 7) is -1.29. The van der Waals surface area contributed by atoms with Gasteiger partial charge in [0, 0.05) is 36.9 Å². The van der Waals surface area contributed by atoms with Crippen molar-refractivity contribution in [1.29, 1.82) is 0 Å². The largest absolute Gasteiger partial charge is 0.326 e. The molecule has 4 nitrogen and oxygen atoms in total. The van der Waals surface area contributed by atoms with Gasteiger partial charge in [-0.1, -0.05) is 0 Å². The minimum Gasteiger partial charge on any atom is -0.326 e. The highest BCUT2D eigenvalue weighted by atomic mass is 32.1. The fraction of sp³-hybridized carbons (Fsp3) is 1.00. The van der Waals surface area contributed by atoms with Gasteiger partial charge in [0.25, 0.3) is 0 Å². The lowest BCUT2D eigenvalue weighted by Gasteiger charge is -2.32. The molecule has 0 spiro atoms. The molecule has 0 aromatic heterocycles. The van der Waals surface area contributed by atoms with Crippen molar-refractivity contribution in [2.45, 2.75) is 17.4 Å². The van der Waals surface area contributed by atoms with E-state index in [0.29, 0.717) is 0 Å². The quantitative estimate of drug-likeness (QED) is 0.224. The van der Waals surface area contributed by atoms with Crippen LogP contribution in [-0.2, 0) is 0 Å². The van der Waals surface area contributed by atoms with Crippen molar-refractivity contribution < 1.29 is 13.2 Å². The molecule has 116 valence electrons. The molecule has 0 aliphatic carbocycles. The third-order valence-electron chi connectivity index (χ3n) is 2.47. The van der Waals surface area contributed by atoms with Gasteiger partial charge in [0.1, 0.15) is 0 Å². The molecule has 0 aromatic carbocycles. The van der Waals surface area contributed by atoms with Gasteiger partial charge >= 0.3 is 0 Å². The second-order valence-electron chi connectivity index (χ2n) is 4.35. The fourth-order valence-electron chi connectivity index (χ4n) is 1.03. The van der Waals surface area contributed by atoms with E-state index in [-0.39, 0.29) is 23.8 Å². The van der Waals surface area contributed by atoms with Crippen LogP contribution in [0.15, 0.2) is 0 Å². The topological polar surface area (TPSA) is 76.1 Å². The lowest BCUT2D eigenvalue weighted by Crippen LogP contribution is -2.61. The number of hydrogen-bond acceptors (Lipinski definition) is 7. The second kappa shape index (κ2) is 8.20. The molecule has 0 aromatic rings. The van der Waals surface area contributed by atoms with Crippen LogP contribution in [0.3, 0.4) is 0 Å². The highest BCUT2D eigenvalue weighted by Crippen LogP contribution is 2.14. The van der Waals surface area contributed by atoms with E-state index in [1.165, 1.54) is 0 Å². The Morgan fingerprint density at radius 3 is 1.68 bits per heavy atom. The Balaban J connectivity index is 4.45. The van der Waals surface area contributed by atoms with E-state index in [1.807, 2.05) is 0 Å². The lowest BCUT2D eigenvalue weighted by atomic mass is 10.2. The number of rotatable bonds is 10. The van der Waals surface area contributed by atoms with E-state index in [4.69, 9.17) is 11.5 Å². The van der Waals surface area contributed by atoms with Crippen LogP contribution in [0, 0.1) is 0 Å². The molecule has 0 aliphatic heterocycles. The van der Waals surface area contributed by atoms with E-state index in [1.54, 1.807) is 0 Å². The molecule has 0 aliphatic rings. The Morgan fingerprint density at radius 2 is 1.32 bits per heavy atom. The van der Waals surface area contributed by atoms with Crippen LogP contribution in [0.1, 0.15) is 0 Å². The summed E-state index contributed by atoms with van der Waals surface area (Å²) in [6, 6.07) is 0. The molecule has 0 fully saturated rings. The molecule has 19 heavy (non-hydrogen) atoms. The van der Waals surface area contributed by atoms with Crippen LogP contribution in [0.5, 0.6) is 0 Å². The van der Waals surface area contributed by atoms with E-state index in [0.717, 1.165) is 0 Å². The zero-order valence-corrected chi connectivity index (χ0v) is 13.1. The smallest absolute Gasteiger partial charge is 0.183 e. The summed E-state index contributed by atoms with van der Waals surface area (Å²) in [5.74, 6) is -7.07. The van der Waals surface area contributed by atoms with E-state index in [2.05, 4.69) is 48.5 Å². The molecular weight excluding hydrogens is 317 g/mol. The monoisotopic (exact) mass is 338 g/mol. The van der Waals surface area contributed by atoms with Gasteiger partial charge in [0.15, 0.2) is 17.4 Å².